The van der Waals surface area contributed by atoms with Crippen LogP contribution in [0.2, 0.25) is 5.02 Å². The van der Waals surface area contributed by atoms with Crippen molar-refractivity contribution in [1.29, 1.82) is 0 Å². The standard InChI is InChI=1S/C23H19ClN2O4S2/c1-14-10-18(32(29,30)13-15-2-4-16(24)5-3-15)7-8-19(14)23(28)25-17-6-9-21-20(11-17)26-22(12-27)31-21/h2-11,27H,12-13H2,1H3,(H,25,28). The summed E-state index contributed by atoms with van der Waals surface area (Å²) in [5, 5.41) is 13.2. The van der Waals surface area contributed by atoms with Crippen molar-refractivity contribution >= 4 is 54.6 Å². The highest BCUT2D eigenvalue weighted by atomic mass is 35.5. The van der Waals surface area contributed by atoms with E-state index < -0.39 is 9.84 Å². The summed E-state index contributed by atoms with van der Waals surface area (Å²) in [5.41, 5.74) is 2.82. The highest BCUT2D eigenvalue weighted by Gasteiger charge is 2.18. The van der Waals surface area contributed by atoms with Crippen molar-refractivity contribution in [3.05, 3.63) is 87.4 Å². The van der Waals surface area contributed by atoms with Crippen LogP contribution in [-0.4, -0.2) is 24.4 Å². The molecular formula is C23H19ClN2O4S2. The lowest BCUT2D eigenvalue weighted by Crippen LogP contribution is -2.14. The summed E-state index contributed by atoms with van der Waals surface area (Å²) in [7, 11) is -3.58. The summed E-state index contributed by atoms with van der Waals surface area (Å²) in [4.78, 5) is 17.3. The van der Waals surface area contributed by atoms with Crippen molar-refractivity contribution < 1.29 is 18.3 Å². The van der Waals surface area contributed by atoms with Gasteiger partial charge in [0.1, 0.15) is 5.01 Å². The fourth-order valence-corrected chi connectivity index (χ4v) is 5.65. The van der Waals surface area contributed by atoms with Gasteiger partial charge in [0.05, 0.1) is 27.5 Å². The summed E-state index contributed by atoms with van der Waals surface area (Å²) >= 11 is 7.25. The predicted octanol–water partition coefficient (Wildman–Crippen LogP) is 4.98. The summed E-state index contributed by atoms with van der Waals surface area (Å²) in [6, 6.07) is 16.5. The molecule has 0 saturated heterocycles. The quantitative estimate of drug-likeness (QED) is 0.401. The largest absolute Gasteiger partial charge is 0.389 e. The van der Waals surface area contributed by atoms with E-state index in [9.17, 15) is 18.3 Å². The Balaban J connectivity index is 1.53. The lowest BCUT2D eigenvalue weighted by atomic mass is 10.1. The molecule has 1 heterocycles. The molecule has 6 nitrogen and oxygen atoms in total. The molecule has 0 aliphatic heterocycles. The van der Waals surface area contributed by atoms with E-state index in [4.69, 9.17) is 11.6 Å². The minimum atomic E-state index is -3.58. The van der Waals surface area contributed by atoms with Crippen molar-refractivity contribution in [3.8, 4) is 0 Å². The number of thiazole rings is 1. The monoisotopic (exact) mass is 486 g/mol. The fraction of sp³-hybridized carbons (Fsp3) is 0.130. The second-order valence-electron chi connectivity index (χ2n) is 7.26. The molecule has 0 aliphatic carbocycles. The minimum absolute atomic E-state index is 0.131. The van der Waals surface area contributed by atoms with Gasteiger partial charge < -0.3 is 10.4 Å². The van der Waals surface area contributed by atoms with Crippen LogP contribution in [-0.2, 0) is 22.2 Å². The number of fused-ring (bicyclic) bond motifs is 1. The minimum Gasteiger partial charge on any atom is -0.389 e. The van der Waals surface area contributed by atoms with Crippen molar-refractivity contribution in [1.82, 2.24) is 4.98 Å². The Morgan fingerprint density at radius 2 is 1.84 bits per heavy atom. The van der Waals surface area contributed by atoms with Crippen LogP contribution < -0.4 is 5.32 Å². The molecule has 0 unspecified atom stereocenters. The fourth-order valence-electron chi connectivity index (χ4n) is 3.29. The smallest absolute Gasteiger partial charge is 0.255 e. The number of nitrogens with zero attached hydrogens (tertiary/aromatic N) is 1. The predicted molar refractivity (Wildman–Crippen MR) is 127 cm³/mol. The van der Waals surface area contributed by atoms with E-state index in [0.29, 0.717) is 37.9 Å². The molecule has 9 heteroatoms. The van der Waals surface area contributed by atoms with Crippen molar-refractivity contribution in [3.63, 3.8) is 0 Å². The number of hydrogen-bond acceptors (Lipinski definition) is 6. The average molecular weight is 487 g/mol. The van der Waals surface area contributed by atoms with Crippen LogP contribution in [0, 0.1) is 6.92 Å². The lowest BCUT2D eigenvalue weighted by molar-refractivity contribution is 0.102. The number of aryl methyl sites for hydroxylation is 1. The Labute approximate surface area is 194 Å². The third-order valence-corrected chi connectivity index (χ3v) is 7.86. The Bertz CT molecular complexity index is 1410. The van der Waals surface area contributed by atoms with Gasteiger partial charge >= 0.3 is 0 Å². The van der Waals surface area contributed by atoms with Crippen LogP contribution in [0.4, 0.5) is 5.69 Å². The summed E-state index contributed by atoms with van der Waals surface area (Å²) in [5.74, 6) is -0.500. The number of hydrogen-bond donors (Lipinski definition) is 2. The molecule has 4 aromatic rings. The molecule has 0 saturated carbocycles. The highest BCUT2D eigenvalue weighted by Crippen LogP contribution is 2.26. The number of nitrogens with one attached hydrogen (secondary N) is 1. The summed E-state index contributed by atoms with van der Waals surface area (Å²) in [6.07, 6.45) is 0. The number of benzene rings is 3. The maximum absolute atomic E-state index is 12.8. The number of amides is 1. The van der Waals surface area contributed by atoms with E-state index in [2.05, 4.69) is 10.3 Å². The van der Waals surface area contributed by atoms with Crippen molar-refractivity contribution in [2.24, 2.45) is 0 Å². The highest BCUT2D eigenvalue weighted by molar-refractivity contribution is 7.90. The Morgan fingerprint density at radius 3 is 2.53 bits per heavy atom. The van der Waals surface area contributed by atoms with E-state index in [1.54, 1.807) is 43.3 Å². The molecule has 2 N–H and O–H groups in total. The maximum atomic E-state index is 12.8. The number of halogens is 1. The molecule has 3 aromatic carbocycles. The summed E-state index contributed by atoms with van der Waals surface area (Å²) in [6.45, 7) is 1.57. The zero-order chi connectivity index (χ0) is 22.9. The van der Waals surface area contributed by atoms with Gasteiger partial charge in [-0.2, -0.15) is 0 Å². The van der Waals surface area contributed by atoms with Crippen molar-refractivity contribution in [2.75, 3.05) is 5.32 Å². The number of aliphatic hydroxyl groups is 1. The molecular weight excluding hydrogens is 468 g/mol. The van der Waals surface area contributed by atoms with Gasteiger partial charge in [0.15, 0.2) is 9.84 Å². The topological polar surface area (TPSA) is 96.4 Å². The van der Waals surface area contributed by atoms with Crippen LogP contribution in [0.15, 0.2) is 65.6 Å². The molecule has 0 aliphatic rings. The van der Waals surface area contributed by atoms with E-state index in [1.165, 1.54) is 29.5 Å². The second-order valence-corrected chi connectivity index (χ2v) is 10.8. The molecule has 4 rings (SSSR count). The zero-order valence-corrected chi connectivity index (χ0v) is 19.4. The summed E-state index contributed by atoms with van der Waals surface area (Å²) < 4.78 is 26.5. The van der Waals surface area contributed by atoms with E-state index in [-0.39, 0.29) is 23.2 Å². The molecule has 32 heavy (non-hydrogen) atoms. The molecule has 0 fully saturated rings. The maximum Gasteiger partial charge on any atom is 0.255 e. The van der Waals surface area contributed by atoms with E-state index in [1.807, 2.05) is 6.07 Å². The van der Waals surface area contributed by atoms with Crippen LogP contribution in [0.25, 0.3) is 10.2 Å². The SMILES string of the molecule is Cc1cc(S(=O)(=O)Cc2ccc(Cl)cc2)ccc1C(=O)Nc1ccc2sc(CO)nc2c1. The van der Waals surface area contributed by atoms with Gasteiger partial charge in [-0.05, 0) is 66.6 Å². The first-order valence-corrected chi connectivity index (χ1v) is 12.5. The number of rotatable bonds is 6. The Kier molecular flexibility index (Phi) is 6.30. The normalized spacial score (nSPS) is 11.6. The van der Waals surface area contributed by atoms with Gasteiger partial charge in [-0.3, -0.25) is 4.79 Å². The second kappa shape index (κ2) is 8.99. The van der Waals surface area contributed by atoms with Gasteiger partial charge in [0.25, 0.3) is 5.91 Å². The zero-order valence-electron chi connectivity index (χ0n) is 17.0. The van der Waals surface area contributed by atoms with Crippen LogP contribution >= 0.6 is 22.9 Å². The van der Waals surface area contributed by atoms with Crippen LogP contribution in [0.5, 0.6) is 0 Å². The molecule has 1 amide bonds. The van der Waals surface area contributed by atoms with Crippen molar-refractivity contribution in [2.45, 2.75) is 24.2 Å². The van der Waals surface area contributed by atoms with Gasteiger partial charge in [-0.15, -0.1) is 11.3 Å². The number of carbonyl (C=O) groups excluding carboxylic acids is 1. The van der Waals surface area contributed by atoms with Gasteiger partial charge in [-0.1, -0.05) is 23.7 Å². The molecule has 0 atom stereocenters. The van der Waals surface area contributed by atoms with Gasteiger partial charge in [0, 0.05) is 16.3 Å². The van der Waals surface area contributed by atoms with Gasteiger partial charge in [0.2, 0.25) is 0 Å². The van der Waals surface area contributed by atoms with E-state index >= 15 is 0 Å². The van der Waals surface area contributed by atoms with Gasteiger partial charge in [-0.25, -0.2) is 13.4 Å². The molecule has 1 aromatic heterocycles. The molecule has 0 spiro atoms. The number of carbonyl (C=O) groups is 1. The third-order valence-electron chi connectivity index (χ3n) is 4.90. The Morgan fingerprint density at radius 1 is 1.09 bits per heavy atom. The molecule has 164 valence electrons. The first kappa shape index (κ1) is 22.4. The number of aliphatic hydroxyl groups excluding tert-OH is 1. The number of anilines is 1. The van der Waals surface area contributed by atoms with E-state index in [0.717, 1.165) is 4.70 Å². The molecule has 0 bridgehead atoms. The first-order valence-electron chi connectivity index (χ1n) is 9.65. The number of sulfone groups is 1. The third kappa shape index (κ3) is 4.83. The van der Waals surface area contributed by atoms with Crippen LogP contribution in [0.3, 0.4) is 0 Å². The average Bonchev–Trinajstić information content (AvgIpc) is 3.17. The Hall–Kier alpha value is -2.78. The first-order chi connectivity index (χ1) is 15.2. The number of aromatic nitrogens is 1. The lowest BCUT2D eigenvalue weighted by Gasteiger charge is -2.11. The molecule has 0 radical (unpaired) electrons. The van der Waals surface area contributed by atoms with Crippen LogP contribution in [0.1, 0.15) is 26.5 Å².